The summed E-state index contributed by atoms with van der Waals surface area (Å²) in [6, 6.07) is 14.7. The van der Waals surface area contributed by atoms with Gasteiger partial charge in [0.2, 0.25) is 0 Å². The minimum absolute atomic E-state index is 0.234. The Morgan fingerprint density at radius 2 is 1.70 bits per heavy atom. The van der Waals surface area contributed by atoms with E-state index in [4.69, 9.17) is 9.84 Å². The SMILES string of the molecule is C/C=C(\C=C(/C)OCc1ccc2ccccc2c1)CCCCC(=O)O.CC. The fraction of sp³-hybridized carbons (Fsp3) is 0.375. The average molecular weight is 369 g/mol. The zero-order valence-corrected chi connectivity index (χ0v) is 17.0. The molecule has 0 saturated carbocycles. The molecule has 0 spiro atoms. The van der Waals surface area contributed by atoms with Crippen LogP contribution >= 0.6 is 0 Å². The maximum Gasteiger partial charge on any atom is 0.303 e. The lowest BCUT2D eigenvalue weighted by Gasteiger charge is -2.09. The predicted octanol–water partition coefficient (Wildman–Crippen LogP) is 6.88. The average Bonchev–Trinajstić information content (AvgIpc) is 2.69. The van der Waals surface area contributed by atoms with Crippen LogP contribution in [0.4, 0.5) is 0 Å². The zero-order chi connectivity index (χ0) is 20.1. The van der Waals surface area contributed by atoms with Gasteiger partial charge in [0, 0.05) is 6.42 Å². The van der Waals surface area contributed by atoms with Crippen LogP contribution in [0.25, 0.3) is 10.8 Å². The van der Waals surface area contributed by atoms with Crippen LogP contribution in [0.1, 0.15) is 58.9 Å². The molecule has 0 unspecified atom stereocenters. The summed E-state index contributed by atoms with van der Waals surface area (Å²) in [4.78, 5) is 10.5. The molecule has 0 aliphatic carbocycles. The molecular weight excluding hydrogens is 336 g/mol. The Morgan fingerprint density at radius 3 is 2.37 bits per heavy atom. The molecule has 0 aliphatic heterocycles. The molecule has 0 radical (unpaired) electrons. The van der Waals surface area contributed by atoms with Crippen LogP contribution in [0.2, 0.25) is 0 Å². The van der Waals surface area contributed by atoms with E-state index in [1.54, 1.807) is 0 Å². The summed E-state index contributed by atoms with van der Waals surface area (Å²) in [5, 5.41) is 11.1. The van der Waals surface area contributed by atoms with Gasteiger partial charge in [-0.1, -0.05) is 56.3 Å². The monoisotopic (exact) mass is 368 g/mol. The highest BCUT2D eigenvalue weighted by Gasteiger charge is 2.01. The maximum absolute atomic E-state index is 10.5. The van der Waals surface area contributed by atoms with E-state index >= 15 is 0 Å². The molecule has 3 heteroatoms. The lowest BCUT2D eigenvalue weighted by molar-refractivity contribution is -0.137. The van der Waals surface area contributed by atoms with E-state index in [9.17, 15) is 4.79 Å². The highest BCUT2D eigenvalue weighted by molar-refractivity contribution is 5.82. The number of unbranched alkanes of at least 4 members (excludes halogenated alkanes) is 1. The summed E-state index contributed by atoms with van der Waals surface area (Å²) < 4.78 is 5.88. The molecule has 0 atom stereocenters. The van der Waals surface area contributed by atoms with Crippen molar-refractivity contribution in [3.63, 3.8) is 0 Å². The molecule has 0 aliphatic rings. The third-order valence-corrected chi connectivity index (χ3v) is 4.15. The Hall–Kier alpha value is -2.55. The van der Waals surface area contributed by atoms with Gasteiger partial charge in [0.15, 0.2) is 0 Å². The first kappa shape index (κ1) is 22.5. The molecule has 2 rings (SSSR count). The zero-order valence-electron chi connectivity index (χ0n) is 17.0. The van der Waals surface area contributed by atoms with Gasteiger partial charge in [-0.25, -0.2) is 0 Å². The first-order valence-corrected chi connectivity index (χ1v) is 9.74. The van der Waals surface area contributed by atoms with Crippen LogP contribution in [-0.2, 0) is 16.1 Å². The van der Waals surface area contributed by atoms with E-state index < -0.39 is 5.97 Å². The number of allylic oxidation sites excluding steroid dienone is 4. The molecule has 0 amide bonds. The summed E-state index contributed by atoms with van der Waals surface area (Å²) >= 11 is 0. The second-order valence-electron chi connectivity index (χ2n) is 6.19. The van der Waals surface area contributed by atoms with Crippen molar-refractivity contribution in [3.8, 4) is 0 Å². The minimum atomic E-state index is -0.729. The molecule has 27 heavy (non-hydrogen) atoms. The highest BCUT2D eigenvalue weighted by atomic mass is 16.5. The number of fused-ring (bicyclic) bond motifs is 1. The molecule has 0 saturated heterocycles. The van der Waals surface area contributed by atoms with Gasteiger partial charge < -0.3 is 9.84 Å². The third-order valence-electron chi connectivity index (χ3n) is 4.15. The highest BCUT2D eigenvalue weighted by Crippen LogP contribution is 2.18. The third kappa shape index (κ3) is 8.59. The number of hydrogen-bond acceptors (Lipinski definition) is 2. The number of hydrogen-bond donors (Lipinski definition) is 1. The van der Waals surface area contributed by atoms with E-state index in [2.05, 4.69) is 36.4 Å². The summed E-state index contributed by atoms with van der Waals surface area (Å²) in [5.41, 5.74) is 2.33. The van der Waals surface area contributed by atoms with Gasteiger partial charge in [-0.3, -0.25) is 4.79 Å². The summed E-state index contributed by atoms with van der Waals surface area (Å²) in [5.74, 6) is 0.145. The van der Waals surface area contributed by atoms with Crippen molar-refractivity contribution < 1.29 is 14.6 Å². The number of ether oxygens (including phenoxy) is 1. The summed E-state index contributed by atoms with van der Waals surface area (Å²) in [6.45, 7) is 8.50. The van der Waals surface area contributed by atoms with Crippen molar-refractivity contribution in [2.24, 2.45) is 0 Å². The fourth-order valence-electron chi connectivity index (χ4n) is 2.73. The smallest absolute Gasteiger partial charge is 0.303 e. The Bertz CT molecular complexity index is 772. The Kier molecular flexibility index (Phi) is 10.6. The van der Waals surface area contributed by atoms with Gasteiger partial charge in [-0.2, -0.15) is 0 Å². The molecule has 0 aromatic heterocycles. The van der Waals surface area contributed by atoms with Gasteiger partial charge in [0.25, 0.3) is 0 Å². The van der Waals surface area contributed by atoms with Crippen molar-refractivity contribution in [3.05, 3.63) is 71.5 Å². The van der Waals surface area contributed by atoms with Crippen LogP contribution in [0, 0.1) is 0 Å². The first-order chi connectivity index (χ1) is 13.1. The van der Waals surface area contributed by atoms with E-state index in [1.165, 1.54) is 16.3 Å². The number of carboxylic acids is 1. The second kappa shape index (κ2) is 12.7. The number of benzene rings is 2. The predicted molar refractivity (Wildman–Crippen MR) is 114 cm³/mol. The number of carboxylic acid groups (broad SMARTS) is 1. The van der Waals surface area contributed by atoms with Gasteiger partial charge in [-0.15, -0.1) is 0 Å². The van der Waals surface area contributed by atoms with E-state index in [0.29, 0.717) is 13.0 Å². The normalized spacial score (nSPS) is 11.7. The van der Waals surface area contributed by atoms with Gasteiger partial charge in [0.05, 0.1) is 5.76 Å². The van der Waals surface area contributed by atoms with E-state index in [-0.39, 0.29) is 6.42 Å². The molecule has 0 fully saturated rings. The minimum Gasteiger partial charge on any atom is -0.494 e. The largest absolute Gasteiger partial charge is 0.494 e. The molecule has 0 bridgehead atoms. The number of rotatable bonds is 9. The van der Waals surface area contributed by atoms with Crippen molar-refractivity contribution in [1.29, 1.82) is 0 Å². The van der Waals surface area contributed by atoms with E-state index in [1.807, 2.05) is 45.9 Å². The van der Waals surface area contributed by atoms with Gasteiger partial charge in [-0.05, 0) is 67.2 Å². The van der Waals surface area contributed by atoms with Crippen molar-refractivity contribution in [2.45, 2.75) is 60.0 Å². The van der Waals surface area contributed by atoms with E-state index in [0.717, 1.165) is 24.2 Å². The maximum atomic E-state index is 10.5. The lowest BCUT2D eigenvalue weighted by atomic mass is 10.1. The van der Waals surface area contributed by atoms with Crippen LogP contribution in [0.3, 0.4) is 0 Å². The molecule has 2 aromatic carbocycles. The number of carbonyl (C=O) groups is 1. The van der Waals surface area contributed by atoms with Crippen molar-refractivity contribution in [2.75, 3.05) is 0 Å². The van der Waals surface area contributed by atoms with Crippen molar-refractivity contribution in [1.82, 2.24) is 0 Å². The Balaban J connectivity index is 0.00000176. The van der Waals surface area contributed by atoms with Crippen LogP contribution in [-0.4, -0.2) is 11.1 Å². The van der Waals surface area contributed by atoms with Crippen molar-refractivity contribution >= 4 is 16.7 Å². The molecular formula is C24H32O3. The Labute approximate surface area is 163 Å². The topological polar surface area (TPSA) is 46.5 Å². The molecule has 1 N–H and O–H groups in total. The fourth-order valence-corrected chi connectivity index (χ4v) is 2.73. The first-order valence-electron chi connectivity index (χ1n) is 9.74. The van der Waals surface area contributed by atoms with Crippen LogP contribution in [0.15, 0.2) is 65.9 Å². The molecule has 146 valence electrons. The molecule has 2 aromatic rings. The lowest BCUT2D eigenvalue weighted by Crippen LogP contribution is -1.95. The summed E-state index contributed by atoms with van der Waals surface area (Å²) in [6.07, 6.45) is 6.79. The Morgan fingerprint density at radius 1 is 1.04 bits per heavy atom. The molecule has 3 nitrogen and oxygen atoms in total. The quantitative estimate of drug-likeness (QED) is 0.298. The van der Waals surface area contributed by atoms with Gasteiger partial charge >= 0.3 is 5.97 Å². The second-order valence-corrected chi connectivity index (χ2v) is 6.19. The van der Waals surface area contributed by atoms with Crippen LogP contribution in [0.5, 0.6) is 0 Å². The van der Waals surface area contributed by atoms with Gasteiger partial charge in [0.1, 0.15) is 6.61 Å². The summed E-state index contributed by atoms with van der Waals surface area (Å²) in [7, 11) is 0. The standard InChI is InChI=1S/C22H26O3.C2H6/c1-3-18(8-4-7-11-22(23)24)14-17(2)25-16-19-12-13-20-9-5-6-10-21(20)15-19;1-2/h3,5-6,9-10,12-15H,4,7-8,11,16H2,1-2H3,(H,23,24);1-2H3/b17-14+,18-3-;. The number of aliphatic carboxylic acids is 1. The van der Waals surface area contributed by atoms with Crippen LogP contribution < -0.4 is 0 Å². The molecule has 0 heterocycles.